The van der Waals surface area contributed by atoms with Crippen LogP contribution in [0.5, 0.6) is 5.75 Å². The van der Waals surface area contributed by atoms with Gasteiger partial charge in [0.25, 0.3) is 0 Å². The number of nitrogens with two attached hydrogens (primary N) is 1. The Morgan fingerprint density at radius 3 is 2.88 bits per heavy atom. The largest absolute Gasteiger partial charge is 0.496 e. The van der Waals surface area contributed by atoms with E-state index in [0.29, 0.717) is 12.6 Å². The molecule has 0 saturated carbocycles. The fourth-order valence-corrected chi connectivity index (χ4v) is 1.84. The lowest BCUT2D eigenvalue weighted by molar-refractivity contribution is 0.404. The SMILES string of the molecule is COc1cc(Br)ccc1CNC(C)CCN. The van der Waals surface area contributed by atoms with Gasteiger partial charge in [0.05, 0.1) is 7.11 Å². The van der Waals surface area contributed by atoms with Crippen LogP contribution >= 0.6 is 15.9 Å². The van der Waals surface area contributed by atoms with Gasteiger partial charge in [-0.05, 0) is 32.0 Å². The molecule has 1 aromatic carbocycles. The number of halogens is 1. The molecule has 90 valence electrons. The minimum absolute atomic E-state index is 0.429. The van der Waals surface area contributed by atoms with Crippen molar-refractivity contribution in [3.05, 3.63) is 28.2 Å². The molecular formula is C12H19BrN2O. The van der Waals surface area contributed by atoms with E-state index in [1.54, 1.807) is 7.11 Å². The lowest BCUT2D eigenvalue weighted by Crippen LogP contribution is -2.27. The van der Waals surface area contributed by atoms with Crippen LogP contribution in [0.15, 0.2) is 22.7 Å². The van der Waals surface area contributed by atoms with Crippen molar-refractivity contribution in [2.24, 2.45) is 5.73 Å². The average molecular weight is 287 g/mol. The first-order chi connectivity index (χ1) is 7.67. The Balaban J connectivity index is 2.59. The van der Waals surface area contributed by atoms with Gasteiger partial charge >= 0.3 is 0 Å². The predicted octanol–water partition coefficient (Wildman–Crippen LogP) is 2.28. The van der Waals surface area contributed by atoms with Crippen molar-refractivity contribution >= 4 is 15.9 Å². The first-order valence-electron chi connectivity index (χ1n) is 5.43. The summed E-state index contributed by atoms with van der Waals surface area (Å²) in [6.07, 6.45) is 0.985. The maximum absolute atomic E-state index is 5.50. The highest BCUT2D eigenvalue weighted by molar-refractivity contribution is 9.10. The van der Waals surface area contributed by atoms with Gasteiger partial charge in [-0.25, -0.2) is 0 Å². The smallest absolute Gasteiger partial charge is 0.124 e. The van der Waals surface area contributed by atoms with E-state index in [1.807, 2.05) is 12.1 Å². The topological polar surface area (TPSA) is 47.3 Å². The minimum atomic E-state index is 0.429. The van der Waals surface area contributed by atoms with Crippen molar-refractivity contribution < 1.29 is 4.74 Å². The molecule has 0 aromatic heterocycles. The number of hydrogen-bond acceptors (Lipinski definition) is 3. The van der Waals surface area contributed by atoms with Crippen LogP contribution in [0.1, 0.15) is 18.9 Å². The number of rotatable bonds is 6. The van der Waals surface area contributed by atoms with Crippen LogP contribution in [0, 0.1) is 0 Å². The molecule has 0 aliphatic rings. The Bertz CT molecular complexity index is 331. The van der Waals surface area contributed by atoms with Crippen LogP contribution in [0.2, 0.25) is 0 Å². The molecule has 0 heterocycles. The Hall–Kier alpha value is -0.580. The van der Waals surface area contributed by atoms with Crippen LogP contribution in [0.25, 0.3) is 0 Å². The van der Waals surface area contributed by atoms with Gasteiger partial charge in [-0.15, -0.1) is 0 Å². The molecule has 1 aromatic rings. The Morgan fingerprint density at radius 1 is 1.50 bits per heavy atom. The van der Waals surface area contributed by atoms with Crippen LogP contribution in [0.3, 0.4) is 0 Å². The molecule has 3 nitrogen and oxygen atoms in total. The van der Waals surface area contributed by atoms with Gasteiger partial charge in [0, 0.05) is 22.6 Å². The maximum atomic E-state index is 5.50. The molecule has 0 bridgehead atoms. The van der Waals surface area contributed by atoms with Crippen molar-refractivity contribution in [2.45, 2.75) is 25.9 Å². The van der Waals surface area contributed by atoms with Gasteiger partial charge in [-0.1, -0.05) is 22.0 Å². The molecule has 4 heteroatoms. The van der Waals surface area contributed by atoms with Crippen molar-refractivity contribution in [3.63, 3.8) is 0 Å². The van der Waals surface area contributed by atoms with E-state index < -0.39 is 0 Å². The molecule has 16 heavy (non-hydrogen) atoms. The molecule has 0 spiro atoms. The summed E-state index contributed by atoms with van der Waals surface area (Å²) in [5.41, 5.74) is 6.67. The van der Waals surface area contributed by atoms with E-state index in [9.17, 15) is 0 Å². The number of methoxy groups -OCH3 is 1. The van der Waals surface area contributed by atoms with Crippen molar-refractivity contribution in [1.82, 2.24) is 5.32 Å². The summed E-state index contributed by atoms with van der Waals surface area (Å²) < 4.78 is 6.35. The van der Waals surface area contributed by atoms with Gasteiger partial charge in [-0.3, -0.25) is 0 Å². The van der Waals surface area contributed by atoms with Crippen molar-refractivity contribution in [1.29, 1.82) is 0 Å². The second-order valence-electron chi connectivity index (χ2n) is 3.82. The summed E-state index contributed by atoms with van der Waals surface area (Å²) >= 11 is 3.43. The first-order valence-corrected chi connectivity index (χ1v) is 6.22. The number of ether oxygens (including phenoxy) is 1. The Labute approximate surface area is 105 Å². The monoisotopic (exact) mass is 286 g/mol. The summed E-state index contributed by atoms with van der Waals surface area (Å²) in [5.74, 6) is 0.904. The van der Waals surface area contributed by atoms with E-state index in [0.717, 1.165) is 28.8 Å². The van der Waals surface area contributed by atoms with Gasteiger partial charge < -0.3 is 15.8 Å². The molecule has 1 atom stereocenters. The van der Waals surface area contributed by atoms with Crippen LogP contribution in [-0.2, 0) is 6.54 Å². The van der Waals surface area contributed by atoms with E-state index in [-0.39, 0.29) is 0 Å². The second-order valence-corrected chi connectivity index (χ2v) is 4.73. The van der Waals surface area contributed by atoms with Gasteiger partial charge in [0.1, 0.15) is 5.75 Å². The molecular weight excluding hydrogens is 268 g/mol. The van der Waals surface area contributed by atoms with E-state index in [4.69, 9.17) is 10.5 Å². The quantitative estimate of drug-likeness (QED) is 0.844. The third-order valence-electron chi connectivity index (χ3n) is 2.49. The molecule has 0 fully saturated rings. The zero-order valence-electron chi connectivity index (χ0n) is 9.79. The maximum Gasteiger partial charge on any atom is 0.124 e. The Kier molecular flexibility index (Phi) is 5.80. The second kappa shape index (κ2) is 6.89. The fourth-order valence-electron chi connectivity index (χ4n) is 1.50. The van der Waals surface area contributed by atoms with E-state index in [2.05, 4.69) is 34.2 Å². The fraction of sp³-hybridized carbons (Fsp3) is 0.500. The van der Waals surface area contributed by atoms with Crippen LogP contribution in [0.4, 0.5) is 0 Å². The van der Waals surface area contributed by atoms with Gasteiger partial charge in [0.2, 0.25) is 0 Å². The lowest BCUT2D eigenvalue weighted by Gasteiger charge is -2.14. The lowest BCUT2D eigenvalue weighted by atomic mass is 10.1. The first kappa shape index (κ1) is 13.5. The highest BCUT2D eigenvalue weighted by Crippen LogP contribution is 2.23. The standard InChI is InChI=1S/C12H19BrN2O/c1-9(5-6-14)15-8-10-3-4-11(13)7-12(10)16-2/h3-4,7,9,15H,5-6,8,14H2,1-2H3. The van der Waals surface area contributed by atoms with Crippen LogP contribution < -0.4 is 15.8 Å². The summed E-state index contributed by atoms with van der Waals surface area (Å²) in [6.45, 7) is 3.65. The normalized spacial score (nSPS) is 12.5. The van der Waals surface area contributed by atoms with E-state index >= 15 is 0 Å². The summed E-state index contributed by atoms with van der Waals surface area (Å²) in [5, 5.41) is 3.42. The molecule has 0 amide bonds. The van der Waals surface area contributed by atoms with E-state index in [1.165, 1.54) is 0 Å². The number of hydrogen-bond donors (Lipinski definition) is 2. The third-order valence-corrected chi connectivity index (χ3v) is 2.98. The molecule has 1 rings (SSSR count). The third kappa shape index (κ3) is 4.12. The molecule has 0 aliphatic carbocycles. The molecule has 3 N–H and O–H groups in total. The molecule has 0 saturated heterocycles. The predicted molar refractivity (Wildman–Crippen MR) is 70.7 cm³/mol. The van der Waals surface area contributed by atoms with Gasteiger partial charge in [-0.2, -0.15) is 0 Å². The van der Waals surface area contributed by atoms with Gasteiger partial charge in [0.15, 0.2) is 0 Å². The highest BCUT2D eigenvalue weighted by Gasteiger charge is 2.05. The molecule has 0 aliphatic heterocycles. The highest BCUT2D eigenvalue weighted by atomic mass is 79.9. The number of nitrogens with one attached hydrogen (secondary N) is 1. The molecule has 0 radical (unpaired) electrons. The van der Waals surface area contributed by atoms with Crippen LogP contribution in [-0.4, -0.2) is 19.7 Å². The number of benzene rings is 1. The Morgan fingerprint density at radius 2 is 2.25 bits per heavy atom. The summed E-state index contributed by atoms with van der Waals surface area (Å²) in [7, 11) is 1.69. The summed E-state index contributed by atoms with van der Waals surface area (Å²) in [4.78, 5) is 0. The zero-order valence-corrected chi connectivity index (χ0v) is 11.4. The molecule has 1 unspecified atom stereocenters. The van der Waals surface area contributed by atoms with Crippen molar-refractivity contribution in [2.75, 3.05) is 13.7 Å². The summed E-state index contributed by atoms with van der Waals surface area (Å²) in [6, 6.07) is 6.49. The van der Waals surface area contributed by atoms with Crippen molar-refractivity contribution in [3.8, 4) is 5.75 Å². The minimum Gasteiger partial charge on any atom is -0.496 e. The zero-order chi connectivity index (χ0) is 12.0. The average Bonchev–Trinajstić information content (AvgIpc) is 2.27.